The van der Waals surface area contributed by atoms with Crippen LogP contribution in [0.15, 0.2) is 29.2 Å². The molecule has 1 aromatic carbocycles. The third-order valence-corrected chi connectivity index (χ3v) is 3.93. The average molecular weight is 320 g/mol. The highest BCUT2D eigenvalue weighted by Gasteiger charge is 2.28. The van der Waals surface area contributed by atoms with Gasteiger partial charge >= 0.3 is 5.51 Å². The van der Waals surface area contributed by atoms with E-state index in [4.69, 9.17) is 4.74 Å². The Bertz CT molecular complexity index is 419. The van der Waals surface area contributed by atoms with Crippen LogP contribution in [0.4, 0.5) is 13.2 Å². The number of halogens is 3. The van der Waals surface area contributed by atoms with Gasteiger partial charge in [0, 0.05) is 37.6 Å². The van der Waals surface area contributed by atoms with E-state index >= 15 is 0 Å². The molecule has 1 N–H and O–H groups in total. The van der Waals surface area contributed by atoms with Crippen LogP contribution >= 0.6 is 11.8 Å². The second kappa shape index (κ2) is 8.03. The summed E-state index contributed by atoms with van der Waals surface area (Å²) in [5.41, 5.74) is -3.23. The fraction of sp³-hybridized carbons (Fsp3) is 0.571. The van der Waals surface area contributed by atoms with Crippen LogP contribution in [0.2, 0.25) is 0 Å². The number of ether oxygens (including phenoxy) is 1. The molecule has 1 aromatic rings. The molecular formula is C14H19F3N2OS. The summed E-state index contributed by atoms with van der Waals surface area (Å²) in [5.74, 6) is 0. The van der Waals surface area contributed by atoms with Crippen LogP contribution in [0.5, 0.6) is 0 Å². The van der Waals surface area contributed by atoms with Gasteiger partial charge in [0.1, 0.15) is 0 Å². The molecule has 1 saturated heterocycles. The standard InChI is InChI=1S/C14H19F3N2OS/c15-14(16,17)21-13-3-1-12(2-4-13)11-18-5-6-19-7-9-20-10-8-19/h1-4,18H,5-11H2. The number of alkyl halides is 3. The van der Waals surface area contributed by atoms with Crippen molar-refractivity contribution in [1.82, 2.24) is 10.2 Å². The van der Waals surface area contributed by atoms with E-state index in [1.54, 1.807) is 12.1 Å². The quantitative estimate of drug-likeness (QED) is 0.643. The number of hydrogen-bond acceptors (Lipinski definition) is 4. The minimum atomic E-state index is -4.22. The first-order valence-corrected chi connectivity index (χ1v) is 7.70. The van der Waals surface area contributed by atoms with Crippen molar-refractivity contribution in [3.8, 4) is 0 Å². The zero-order valence-electron chi connectivity index (χ0n) is 11.7. The molecule has 0 amide bonds. The Morgan fingerprint density at radius 1 is 1.14 bits per heavy atom. The van der Waals surface area contributed by atoms with Crippen LogP contribution in [0.3, 0.4) is 0 Å². The Balaban J connectivity index is 1.66. The summed E-state index contributed by atoms with van der Waals surface area (Å²) in [4.78, 5) is 2.55. The monoisotopic (exact) mass is 320 g/mol. The zero-order valence-corrected chi connectivity index (χ0v) is 12.5. The Morgan fingerprint density at radius 3 is 2.43 bits per heavy atom. The van der Waals surface area contributed by atoms with Crippen molar-refractivity contribution in [1.29, 1.82) is 0 Å². The highest BCUT2D eigenvalue weighted by molar-refractivity contribution is 8.00. The number of morpholine rings is 1. The van der Waals surface area contributed by atoms with E-state index in [-0.39, 0.29) is 16.7 Å². The van der Waals surface area contributed by atoms with Gasteiger partial charge in [-0.2, -0.15) is 13.2 Å². The Hall–Kier alpha value is -0.760. The van der Waals surface area contributed by atoms with Gasteiger partial charge in [-0.1, -0.05) is 12.1 Å². The smallest absolute Gasteiger partial charge is 0.379 e. The molecule has 0 aromatic heterocycles. The number of nitrogens with zero attached hydrogens (tertiary/aromatic N) is 1. The molecule has 0 saturated carbocycles. The first kappa shape index (κ1) is 16.6. The molecule has 3 nitrogen and oxygen atoms in total. The molecule has 1 aliphatic heterocycles. The van der Waals surface area contributed by atoms with E-state index in [9.17, 15) is 13.2 Å². The largest absolute Gasteiger partial charge is 0.446 e. The van der Waals surface area contributed by atoms with E-state index in [1.165, 1.54) is 12.1 Å². The molecule has 1 fully saturated rings. The van der Waals surface area contributed by atoms with Gasteiger partial charge in [0.25, 0.3) is 0 Å². The van der Waals surface area contributed by atoms with Crippen molar-refractivity contribution in [3.05, 3.63) is 29.8 Å². The molecular weight excluding hydrogens is 301 g/mol. The fourth-order valence-electron chi connectivity index (χ4n) is 2.10. The summed E-state index contributed by atoms with van der Waals surface area (Å²) in [6.45, 7) is 6.00. The molecule has 0 unspecified atom stereocenters. The third-order valence-electron chi connectivity index (χ3n) is 3.19. The van der Waals surface area contributed by atoms with Crippen molar-refractivity contribution in [3.63, 3.8) is 0 Å². The molecule has 0 radical (unpaired) electrons. The topological polar surface area (TPSA) is 24.5 Å². The van der Waals surface area contributed by atoms with Crippen molar-refractivity contribution in [2.45, 2.75) is 16.9 Å². The maximum Gasteiger partial charge on any atom is 0.446 e. The third kappa shape index (κ3) is 6.69. The summed E-state index contributed by atoms with van der Waals surface area (Å²) in [5, 5.41) is 3.31. The van der Waals surface area contributed by atoms with Crippen LogP contribution in [-0.2, 0) is 11.3 Å². The van der Waals surface area contributed by atoms with E-state index in [0.29, 0.717) is 6.54 Å². The lowest BCUT2D eigenvalue weighted by Crippen LogP contribution is -2.40. The normalized spacial score (nSPS) is 17.1. The predicted molar refractivity (Wildman–Crippen MR) is 77.3 cm³/mol. The molecule has 1 aliphatic rings. The summed E-state index contributed by atoms with van der Waals surface area (Å²) in [6.07, 6.45) is 0. The molecule has 7 heteroatoms. The van der Waals surface area contributed by atoms with Gasteiger partial charge in [-0.05, 0) is 29.5 Å². The lowest BCUT2D eigenvalue weighted by atomic mass is 10.2. The van der Waals surface area contributed by atoms with Crippen molar-refractivity contribution >= 4 is 11.8 Å². The van der Waals surface area contributed by atoms with E-state index in [0.717, 1.165) is 45.0 Å². The minimum absolute atomic E-state index is 0.0823. The first-order valence-electron chi connectivity index (χ1n) is 6.88. The number of hydrogen-bond donors (Lipinski definition) is 1. The maximum absolute atomic E-state index is 12.2. The van der Waals surface area contributed by atoms with Crippen LogP contribution in [0.25, 0.3) is 0 Å². The highest BCUT2D eigenvalue weighted by Crippen LogP contribution is 2.36. The summed E-state index contributed by atoms with van der Waals surface area (Å²) in [6, 6.07) is 6.49. The summed E-state index contributed by atoms with van der Waals surface area (Å²) in [7, 11) is 0. The van der Waals surface area contributed by atoms with Gasteiger partial charge in [0.05, 0.1) is 13.2 Å². The van der Waals surface area contributed by atoms with Gasteiger partial charge in [0.2, 0.25) is 0 Å². The summed E-state index contributed by atoms with van der Waals surface area (Å²) >= 11 is -0.0823. The van der Waals surface area contributed by atoms with Crippen LogP contribution in [0.1, 0.15) is 5.56 Å². The number of benzene rings is 1. The fourth-order valence-corrected chi connectivity index (χ4v) is 2.64. The van der Waals surface area contributed by atoms with Crippen LogP contribution in [-0.4, -0.2) is 49.8 Å². The van der Waals surface area contributed by atoms with Gasteiger partial charge in [-0.15, -0.1) is 0 Å². The van der Waals surface area contributed by atoms with Crippen molar-refractivity contribution in [2.24, 2.45) is 0 Å². The second-order valence-electron chi connectivity index (χ2n) is 4.82. The summed E-state index contributed by atoms with van der Waals surface area (Å²) < 4.78 is 41.9. The van der Waals surface area contributed by atoms with Gasteiger partial charge in [0.15, 0.2) is 0 Å². The van der Waals surface area contributed by atoms with Crippen LogP contribution in [0, 0.1) is 0 Å². The van der Waals surface area contributed by atoms with Gasteiger partial charge in [-0.25, -0.2) is 0 Å². The minimum Gasteiger partial charge on any atom is -0.379 e. The van der Waals surface area contributed by atoms with E-state index < -0.39 is 5.51 Å². The second-order valence-corrected chi connectivity index (χ2v) is 5.96. The number of thioether (sulfide) groups is 1. The number of nitrogens with one attached hydrogen (secondary N) is 1. The van der Waals surface area contributed by atoms with Crippen molar-refractivity contribution in [2.75, 3.05) is 39.4 Å². The Kier molecular flexibility index (Phi) is 6.35. The molecule has 0 bridgehead atoms. The molecule has 21 heavy (non-hydrogen) atoms. The number of rotatable bonds is 6. The SMILES string of the molecule is FC(F)(F)Sc1ccc(CNCCN2CCOCC2)cc1. The van der Waals surface area contributed by atoms with Crippen molar-refractivity contribution < 1.29 is 17.9 Å². The predicted octanol–water partition coefficient (Wildman–Crippen LogP) is 2.72. The van der Waals surface area contributed by atoms with Gasteiger partial charge < -0.3 is 10.1 Å². The maximum atomic E-state index is 12.2. The highest BCUT2D eigenvalue weighted by atomic mass is 32.2. The molecule has 0 atom stereocenters. The Morgan fingerprint density at radius 2 is 1.81 bits per heavy atom. The zero-order chi connectivity index (χ0) is 15.1. The molecule has 118 valence electrons. The van der Waals surface area contributed by atoms with E-state index in [2.05, 4.69) is 10.2 Å². The lowest BCUT2D eigenvalue weighted by molar-refractivity contribution is -0.0328. The van der Waals surface area contributed by atoms with Gasteiger partial charge in [-0.3, -0.25) is 4.90 Å². The Labute approximate surface area is 126 Å². The van der Waals surface area contributed by atoms with E-state index in [1.807, 2.05) is 0 Å². The molecule has 0 spiro atoms. The molecule has 2 rings (SSSR count). The van der Waals surface area contributed by atoms with Crippen LogP contribution < -0.4 is 5.32 Å². The average Bonchev–Trinajstić information content (AvgIpc) is 2.45. The lowest BCUT2D eigenvalue weighted by Gasteiger charge is -2.26. The first-order chi connectivity index (χ1) is 10.0. The molecule has 1 heterocycles. The molecule has 0 aliphatic carbocycles.